The van der Waals surface area contributed by atoms with Gasteiger partial charge in [0, 0.05) is 6.61 Å². The van der Waals surface area contributed by atoms with Gasteiger partial charge in [-0.1, -0.05) is 13.3 Å². The average molecular weight is 185 g/mol. The predicted molar refractivity (Wildman–Crippen MR) is 55.8 cm³/mol. The average Bonchev–Trinajstić information content (AvgIpc) is 2.17. The molecular weight excluding hydrogens is 162 g/mol. The van der Waals surface area contributed by atoms with Gasteiger partial charge in [0.15, 0.2) is 0 Å². The molecule has 13 heavy (non-hydrogen) atoms. The Morgan fingerprint density at radius 3 is 2.54 bits per heavy atom. The molecule has 1 rings (SSSR count). The van der Waals surface area contributed by atoms with Gasteiger partial charge >= 0.3 is 0 Å². The first-order chi connectivity index (χ1) is 6.36. The van der Waals surface area contributed by atoms with Gasteiger partial charge in [0.25, 0.3) is 0 Å². The summed E-state index contributed by atoms with van der Waals surface area (Å²) in [6.07, 6.45) is 6.25. The van der Waals surface area contributed by atoms with Crippen molar-refractivity contribution in [2.75, 3.05) is 26.2 Å². The standard InChI is InChI=1S/C11H23NO/c1-2-3-7-12-8-4-11(5-9-12)6-10-13/h11,13H,2-10H2,1H3. The lowest BCUT2D eigenvalue weighted by Crippen LogP contribution is -2.34. The molecule has 1 fully saturated rings. The van der Waals surface area contributed by atoms with E-state index < -0.39 is 0 Å². The molecule has 0 radical (unpaired) electrons. The van der Waals surface area contributed by atoms with Crippen LogP contribution in [0.4, 0.5) is 0 Å². The SMILES string of the molecule is CCCCN1CCC(CCO)CC1. The Labute approximate surface area is 81.9 Å². The summed E-state index contributed by atoms with van der Waals surface area (Å²) in [5.74, 6) is 0.794. The number of aliphatic hydroxyl groups excluding tert-OH is 1. The van der Waals surface area contributed by atoms with Crippen molar-refractivity contribution in [3.8, 4) is 0 Å². The lowest BCUT2D eigenvalue weighted by Gasteiger charge is -2.31. The van der Waals surface area contributed by atoms with E-state index in [2.05, 4.69) is 11.8 Å². The monoisotopic (exact) mass is 185 g/mol. The Hall–Kier alpha value is -0.0800. The molecular formula is C11H23NO. The van der Waals surface area contributed by atoms with Crippen LogP contribution in [0, 0.1) is 5.92 Å². The van der Waals surface area contributed by atoms with Crippen LogP contribution in [0.25, 0.3) is 0 Å². The highest BCUT2D eigenvalue weighted by Crippen LogP contribution is 2.19. The van der Waals surface area contributed by atoms with E-state index in [1.165, 1.54) is 45.3 Å². The van der Waals surface area contributed by atoms with Crippen LogP contribution >= 0.6 is 0 Å². The number of piperidine rings is 1. The van der Waals surface area contributed by atoms with Crippen LogP contribution in [0.5, 0.6) is 0 Å². The third kappa shape index (κ3) is 4.10. The minimum Gasteiger partial charge on any atom is -0.396 e. The van der Waals surface area contributed by atoms with Crippen molar-refractivity contribution in [1.29, 1.82) is 0 Å². The van der Waals surface area contributed by atoms with Crippen LogP contribution in [-0.4, -0.2) is 36.2 Å². The predicted octanol–water partition coefficient (Wildman–Crippen LogP) is 1.88. The largest absolute Gasteiger partial charge is 0.396 e. The molecule has 1 N–H and O–H groups in total. The number of hydrogen-bond acceptors (Lipinski definition) is 2. The van der Waals surface area contributed by atoms with Crippen LogP contribution in [0.15, 0.2) is 0 Å². The summed E-state index contributed by atoms with van der Waals surface area (Å²) in [7, 11) is 0. The lowest BCUT2D eigenvalue weighted by atomic mass is 9.94. The third-order valence-corrected chi connectivity index (χ3v) is 3.07. The van der Waals surface area contributed by atoms with Crippen molar-refractivity contribution in [2.24, 2.45) is 5.92 Å². The fourth-order valence-corrected chi connectivity index (χ4v) is 2.06. The van der Waals surface area contributed by atoms with Crippen molar-refractivity contribution >= 4 is 0 Å². The number of nitrogens with zero attached hydrogens (tertiary/aromatic N) is 1. The quantitative estimate of drug-likeness (QED) is 0.707. The Balaban J connectivity index is 2.08. The Kier molecular flexibility index (Phi) is 5.40. The second kappa shape index (κ2) is 6.39. The van der Waals surface area contributed by atoms with E-state index >= 15 is 0 Å². The third-order valence-electron chi connectivity index (χ3n) is 3.07. The van der Waals surface area contributed by atoms with Gasteiger partial charge in [-0.2, -0.15) is 0 Å². The molecule has 0 unspecified atom stereocenters. The molecule has 1 heterocycles. The van der Waals surface area contributed by atoms with Gasteiger partial charge in [-0.05, 0) is 51.2 Å². The van der Waals surface area contributed by atoms with E-state index in [9.17, 15) is 0 Å². The second-order valence-corrected chi connectivity index (χ2v) is 4.15. The molecule has 2 nitrogen and oxygen atoms in total. The zero-order chi connectivity index (χ0) is 9.52. The molecule has 2 heteroatoms. The highest BCUT2D eigenvalue weighted by atomic mass is 16.3. The topological polar surface area (TPSA) is 23.5 Å². The first kappa shape index (κ1) is 11.0. The van der Waals surface area contributed by atoms with Crippen molar-refractivity contribution in [3.05, 3.63) is 0 Å². The number of hydrogen-bond donors (Lipinski definition) is 1. The van der Waals surface area contributed by atoms with Crippen molar-refractivity contribution in [2.45, 2.75) is 39.0 Å². The second-order valence-electron chi connectivity index (χ2n) is 4.15. The summed E-state index contributed by atoms with van der Waals surface area (Å²) in [6.45, 7) is 6.41. The zero-order valence-electron chi connectivity index (χ0n) is 8.84. The van der Waals surface area contributed by atoms with E-state index in [0.29, 0.717) is 6.61 Å². The Bertz CT molecular complexity index is 119. The molecule has 0 spiro atoms. The molecule has 0 aromatic carbocycles. The van der Waals surface area contributed by atoms with E-state index in [4.69, 9.17) is 5.11 Å². The van der Waals surface area contributed by atoms with Gasteiger partial charge in [0.2, 0.25) is 0 Å². The van der Waals surface area contributed by atoms with Gasteiger partial charge in [-0.25, -0.2) is 0 Å². The van der Waals surface area contributed by atoms with E-state index in [1.807, 2.05) is 0 Å². The number of likely N-dealkylation sites (tertiary alicyclic amines) is 1. The highest BCUT2D eigenvalue weighted by Gasteiger charge is 2.17. The summed E-state index contributed by atoms with van der Waals surface area (Å²) >= 11 is 0. The maximum absolute atomic E-state index is 8.81. The van der Waals surface area contributed by atoms with Gasteiger partial charge in [0.1, 0.15) is 0 Å². The fraction of sp³-hybridized carbons (Fsp3) is 1.00. The van der Waals surface area contributed by atoms with Crippen LogP contribution < -0.4 is 0 Å². The van der Waals surface area contributed by atoms with E-state index in [1.54, 1.807) is 0 Å². The molecule has 0 bridgehead atoms. The molecule has 78 valence electrons. The summed E-state index contributed by atoms with van der Waals surface area (Å²) < 4.78 is 0. The van der Waals surface area contributed by atoms with Crippen molar-refractivity contribution in [3.63, 3.8) is 0 Å². The van der Waals surface area contributed by atoms with Gasteiger partial charge in [0.05, 0.1) is 0 Å². The van der Waals surface area contributed by atoms with Crippen LogP contribution in [0.2, 0.25) is 0 Å². The summed E-state index contributed by atoms with van der Waals surface area (Å²) in [4.78, 5) is 2.57. The molecule has 0 amide bonds. The molecule has 1 aliphatic heterocycles. The van der Waals surface area contributed by atoms with Gasteiger partial charge in [-0.3, -0.25) is 0 Å². The number of aliphatic hydroxyl groups is 1. The highest BCUT2D eigenvalue weighted by molar-refractivity contribution is 4.71. The van der Waals surface area contributed by atoms with Crippen LogP contribution in [0.1, 0.15) is 39.0 Å². The fourth-order valence-electron chi connectivity index (χ4n) is 2.06. The van der Waals surface area contributed by atoms with Crippen molar-refractivity contribution < 1.29 is 5.11 Å². The van der Waals surface area contributed by atoms with E-state index in [-0.39, 0.29) is 0 Å². The minimum atomic E-state index is 0.375. The van der Waals surface area contributed by atoms with Gasteiger partial charge < -0.3 is 10.0 Å². The van der Waals surface area contributed by atoms with E-state index in [0.717, 1.165) is 12.3 Å². The summed E-state index contributed by atoms with van der Waals surface area (Å²) in [6, 6.07) is 0. The normalized spacial score (nSPS) is 20.8. The molecule has 0 aromatic rings. The van der Waals surface area contributed by atoms with Crippen LogP contribution in [0.3, 0.4) is 0 Å². The number of rotatable bonds is 5. The van der Waals surface area contributed by atoms with Crippen molar-refractivity contribution in [1.82, 2.24) is 4.90 Å². The molecule has 0 atom stereocenters. The molecule has 0 saturated carbocycles. The zero-order valence-corrected chi connectivity index (χ0v) is 8.84. The molecule has 0 aliphatic carbocycles. The summed E-state index contributed by atoms with van der Waals surface area (Å²) in [5, 5.41) is 8.81. The Morgan fingerprint density at radius 1 is 1.31 bits per heavy atom. The maximum Gasteiger partial charge on any atom is 0.0433 e. The molecule has 1 saturated heterocycles. The number of unbranched alkanes of at least 4 members (excludes halogenated alkanes) is 1. The summed E-state index contributed by atoms with van der Waals surface area (Å²) in [5.41, 5.74) is 0. The Morgan fingerprint density at radius 2 is 2.00 bits per heavy atom. The lowest BCUT2D eigenvalue weighted by molar-refractivity contribution is 0.157. The molecule has 1 aliphatic rings. The van der Waals surface area contributed by atoms with Gasteiger partial charge in [-0.15, -0.1) is 0 Å². The maximum atomic E-state index is 8.81. The van der Waals surface area contributed by atoms with Crippen LogP contribution in [-0.2, 0) is 0 Å². The first-order valence-corrected chi connectivity index (χ1v) is 5.70. The smallest absolute Gasteiger partial charge is 0.0433 e. The minimum absolute atomic E-state index is 0.375. The molecule has 0 aromatic heterocycles. The first-order valence-electron chi connectivity index (χ1n) is 5.70.